The van der Waals surface area contributed by atoms with Crippen LogP contribution >= 0.6 is 0 Å². The number of hydrogen-bond donors (Lipinski definition) is 2. The van der Waals surface area contributed by atoms with Gasteiger partial charge in [0.1, 0.15) is 5.82 Å². The van der Waals surface area contributed by atoms with Crippen LogP contribution < -0.4 is 11.1 Å². The van der Waals surface area contributed by atoms with Crippen molar-refractivity contribution in [3.05, 3.63) is 17.8 Å². The van der Waals surface area contributed by atoms with Crippen molar-refractivity contribution >= 4 is 17.4 Å². The third-order valence-corrected chi connectivity index (χ3v) is 2.91. The molecule has 0 saturated carbocycles. The van der Waals surface area contributed by atoms with E-state index in [1.54, 1.807) is 12.3 Å². The minimum atomic E-state index is 0.160. The molecule has 5 nitrogen and oxygen atoms in total. The van der Waals surface area contributed by atoms with Gasteiger partial charge in [-0.2, -0.15) is 0 Å². The van der Waals surface area contributed by atoms with Crippen LogP contribution in [0.4, 0.5) is 11.5 Å². The average molecular weight is 250 g/mol. The molecule has 0 fully saturated rings. The first kappa shape index (κ1) is 14.3. The van der Waals surface area contributed by atoms with Gasteiger partial charge in [-0.3, -0.25) is 4.79 Å². The molecule has 0 aliphatic rings. The highest BCUT2D eigenvalue weighted by molar-refractivity contribution is 5.76. The number of carbonyl (C=O) groups is 1. The van der Waals surface area contributed by atoms with Crippen LogP contribution in [0.3, 0.4) is 0 Å². The van der Waals surface area contributed by atoms with Gasteiger partial charge in [-0.15, -0.1) is 0 Å². The summed E-state index contributed by atoms with van der Waals surface area (Å²) >= 11 is 0. The van der Waals surface area contributed by atoms with Gasteiger partial charge in [-0.25, -0.2) is 4.98 Å². The molecule has 0 aliphatic carbocycles. The third-order valence-electron chi connectivity index (χ3n) is 2.91. The zero-order chi connectivity index (χ0) is 13.5. The highest BCUT2D eigenvalue weighted by Gasteiger charge is 2.08. The first-order chi connectivity index (χ1) is 8.58. The summed E-state index contributed by atoms with van der Waals surface area (Å²) in [5.41, 5.74) is 7.46. The minimum absolute atomic E-state index is 0.160. The summed E-state index contributed by atoms with van der Waals surface area (Å²) in [5, 5.41) is 3.11. The van der Waals surface area contributed by atoms with E-state index in [-0.39, 0.29) is 5.91 Å². The van der Waals surface area contributed by atoms with Crippen molar-refractivity contribution in [3.63, 3.8) is 0 Å². The van der Waals surface area contributed by atoms with Crippen molar-refractivity contribution < 1.29 is 4.79 Å². The van der Waals surface area contributed by atoms with Crippen LogP contribution in [-0.4, -0.2) is 35.4 Å². The smallest absolute Gasteiger partial charge is 0.224 e. The van der Waals surface area contributed by atoms with E-state index in [9.17, 15) is 4.79 Å². The van der Waals surface area contributed by atoms with E-state index >= 15 is 0 Å². The SMILES string of the molecule is CCN(CC)C(=O)CCNc1cc(N)c(C)cn1. The molecule has 1 amide bonds. The summed E-state index contributed by atoms with van der Waals surface area (Å²) in [5.74, 6) is 0.873. The molecule has 1 rings (SSSR count). The van der Waals surface area contributed by atoms with Gasteiger partial charge < -0.3 is 16.0 Å². The molecule has 0 bridgehead atoms. The maximum Gasteiger partial charge on any atom is 0.224 e. The maximum atomic E-state index is 11.8. The van der Waals surface area contributed by atoms with E-state index in [0.29, 0.717) is 24.5 Å². The molecule has 18 heavy (non-hydrogen) atoms. The molecule has 1 aromatic heterocycles. The molecule has 0 spiro atoms. The van der Waals surface area contributed by atoms with E-state index in [2.05, 4.69) is 10.3 Å². The Morgan fingerprint density at radius 3 is 2.67 bits per heavy atom. The summed E-state index contributed by atoms with van der Waals surface area (Å²) < 4.78 is 0. The van der Waals surface area contributed by atoms with Crippen molar-refractivity contribution in [2.45, 2.75) is 27.2 Å². The Morgan fingerprint density at radius 1 is 1.44 bits per heavy atom. The second-order valence-corrected chi connectivity index (χ2v) is 4.17. The lowest BCUT2D eigenvalue weighted by atomic mass is 10.2. The standard InChI is InChI=1S/C13H22N4O/c1-4-17(5-2)13(18)6-7-15-12-8-11(14)10(3)9-16-12/h8-9H,4-7H2,1-3H3,(H3,14,15,16). The number of nitrogen functional groups attached to an aromatic ring is 1. The van der Waals surface area contributed by atoms with E-state index in [1.165, 1.54) is 0 Å². The predicted molar refractivity (Wildman–Crippen MR) is 74.4 cm³/mol. The number of rotatable bonds is 6. The average Bonchev–Trinajstić information content (AvgIpc) is 2.35. The van der Waals surface area contributed by atoms with Gasteiger partial charge in [0, 0.05) is 44.0 Å². The fourth-order valence-electron chi connectivity index (χ4n) is 1.67. The minimum Gasteiger partial charge on any atom is -0.398 e. The van der Waals surface area contributed by atoms with Crippen LogP contribution in [0.15, 0.2) is 12.3 Å². The molecule has 0 aromatic carbocycles. The first-order valence-corrected chi connectivity index (χ1v) is 6.32. The number of amides is 1. The van der Waals surface area contributed by atoms with Crippen LogP contribution in [0.5, 0.6) is 0 Å². The second-order valence-electron chi connectivity index (χ2n) is 4.17. The van der Waals surface area contributed by atoms with Gasteiger partial charge in [0.2, 0.25) is 5.91 Å². The van der Waals surface area contributed by atoms with Gasteiger partial charge >= 0.3 is 0 Å². The lowest BCUT2D eigenvalue weighted by molar-refractivity contribution is -0.130. The summed E-state index contributed by atoms with van der Waals surface area (Å²) in [7, 11) is 0. The van der Waals surface area contributed by atoms with Gasteiger partial charge in [0.15, 0.2) is 0 Å². The third kappa shape index (κ3) is 3.91. The molecule has 5 heteroatoms. The Bertz CT molecular complexity index is 402. The molecule has 0 unspecified atom stereocenters. The summed E-state index contributed by atoms with van der Waals surface area (Å²) in [6, 6.07) is 1.79. The van der Waals surface area contributed by atoms with E-state index in [0.717, 1.165) is 18.7 Å². The largest absolute Gasteiger partial charge is 0.398 e. The van der Waals surface area contributed by atoms with Crippen molar-refractivity contribution in [1.29, 1.82) is 0 Å². The number of aryl methyl sites for hydroxylation is 1. The molecular formula is C13H22N4O. The molecule has 100 valence electrons. The fraction of sp³-hybridized carbons (Fsp3) is 0.538. The van der Waals surface area contributed by atoms with E-state index in [1.807, 2.05) is 25.7 Å². The summed E-state index contributed by atoms with van der Waals surface area (Å²) in [6.45, 7) is 7.96. The number of anilines is 2. The predicted octanol–water partition coefficient (Wildman–Crippen LogP) is 1.64. The quantitative estimate of drug-likeness (QED) is 0.805. The maximum absolute atomic E-state index is 11.8. The van der Waals surface area contributed by atoms with Crippen LogP contribution in [0.1, 0.15) is 25.8 Å². The number of carbonyl (C=O) groups excluding carboxylic acids is 1. The molecule has 0 aliphatic heterocycles. The number of nitrogens with one attached hydrogen (secondary N) is 1. The molecule has 1 aromatic rings. The highest BCUT2D eigenvalue weighted by atomic mass is 16.2. The second kappa shape index (κ2) is 6.83. The van der Waals surface area contributed by atoms with Gasteiger partial charge in [-0.05, 0) is 26.3 Å². The molecule has 0 atom stereocenters. The lowest BCUT2D eigenvalue weighted by Gasteiger charge is -2.18. The number of pyridine rings is 1. The Kier molecular flexibility index (Phi) is 5.42. The Morgan fingerprint density at radius 2 is 2.11 bits per heavy atom. The van der Waals surface area contributed by atoms with Gasteiger partial charge in [-0.1, -0.05) is 0 Å². The van der Waals surface area contributed by atoms with Crippen molar-refractivity contribution in [2.75, 3.05) is 30.7 Å². The van der Waals surface area contributed by atoms with E-state index < -0.39 is 0 Å². The van der Waals surface area contributed by atoms with Crippen LogP contribution in [0.25, 0.3) is 0 Å². The molecule has 0 radical (unpaired) electrons. The van der Waals surface area contributed by atoms with Crippen LogP contribution in [0.2, 0.25) is 0 Å². The van der Waals surface area contributed by atoms with Gasteiger partial charge in [0.05, 0.1) is 0 Å². The summed E-state index contributed by atoms with van der Waals surface area (Å²) in [6.07, 6.45) is 2.20. The normalized spacial score (nSPS) is 10.2. The molecule has 3 N–H and O–H groups in total. The Labute approximate surface area is 108 Å². The number of nitrogens with two attached hydrogens (primary N) is 1. The lowest BCUT2D eigenvalue weighted by Crippen LogP contribution is -2.31. The van der Waals surface area contributed by atoms with Crippen LogP contribution in [0, 0.1) is 6.92 Å². The Balaban J connectivity index is 2.41. The monoisotopic (exact) mass is 250 g/mol. The first-order valence-electron chi connectivity index (χ1n) is 6.32. The van der Waals surface area contributed by atoms with Crippen LogP contribution in [-0.2, 0) is 4.79 Å². The van der Waals surface area contributed by atoms with Crippen molar-refractivity contribution in [1.82, 2.24) is 9.88 Å². The fourth-order valence-corrected chi connectivity index (χ4v) is 1.67. The highest BCUT2D eigenvalue weighted by Crippen LogP contribution is 2.13. The topological polar surface area (TPSA) is 71.2 Å². The van der Waals surface area contributed by atoms with Crippen molar-refractivity contribution in [3.8, 4) is 0 Å². The molecule has 0 saturated heterocycles. The number of nitrogens with zero attached hydrogens (tertiary/aromatic N) is 2. The van der Waals surface area contributed by atoms with E-state index in [4.69, 9.17) is 5.73 Å². The van der Waals surface area contributed by atoms with Gasteiger partial charge in [0.25, 0.3) is 0 Å². The Hall–Kier alpha value is -1.78. The zero-order valence-electron chi connectivity index (χ0n) is 11.4. The zero-order valence-corrected chi connectivity index (χ0v) is 11.4. The molecule has 1 heterocycles. The summed E-state index contributed by atoms with van der Waals surface area (Å²) in [4.78, 5) is 17.8. The van der Waals surface area contributed by atoms with Crippen molar-refractivity contribution in [2.24, 2.45) is 0 Å². The number of aromatic nitrogens is 1. The molecular weight excluding hydrogens is 228 g/mol. The number of hydrogen-bond acceptors (Lipinski definition) is 4.